The van der Waals surface area contributed by atoms with Crippen molar-refractivity contribution >= 4 is 27.6 Å². The zero-order chi connectivity index (χ0) is 14.5. The first-order valence-electron chi connectivity index (χ1n) is 6.63. The summed E-state index contributed by atoms with van der Waals surface area (Å²) >= 11 is 3.44. The Bertz CT molecular complexity index is 481. The van der Waals surface area contributed by atoms with Crippen molar-refractivity contribution in [3.05, 3.63) is 28.2 Å². The molecule has 2 atom stereocenters. The number of hydrogen-bond acceptors (Lipinski definition) is 3. The number of rotatable bonds is 4. The van der Waals surface area contributed by atoms with E-state index >= 15 is 0 Å². The van der Waals surface area contributed by atoms with Crippen LogP contribution in [0.25, 0.3) is 0 Å². The van der Waals surface area contributed by atoms with Gasteiger partial charge < -0.3 is 20.5 Å². The molecule has 0 bridgehead atoms. The van der Waals surface area contributed by atoms with Crippen LogP contribution in [0.3, 0.4) is 0 Å². The summed E-state index contributed by atoms with van der Waals surface area (Å²) in [4.78, 5) is 12.0. The number of methoxy groups -OCH3 is 1. The van der Waals surface area contributed by atoms with Gasteiger partial charge in [-0.05, 0) is 31.4 Å². The van der Waals surface area contributed by atoms with Crippen molar-refractivity contribution in [1.82, 2.24) is 5.32 Å². The number of amides is 2. The van der Waals surface area contributed by atoms with Gasteiger partial charge in [-0.1, -0.05) is 22.0 Å². The van der Waals surface area contributed by atoms with Crippen LogP contribution in [0, 0.1) is 0 Å². The summed E-state index contributed by atoms with van der Waals surface area (Å²) in [5, 5.41) is 15.3. The van der Waals surface area contributed by atoms with Gasteiger partial charge in [-0.15, -0.1) is 0 Å². The number of ether oxygens (including phenoxy) is 1. The summed E-state index contributed by atoms with van der Waals surface area (Å²) in [5.74, 6) is 0. The zero-order valence-electron chi connectivity index (χ0n) is 11.4. The number of aliphatic hydroxyl groups excluding tert-OH is 1. The molecule has 0 aromatic heterocycles. The van der Waals surface area contributed by atoms with E-state index in [1.54, 1.807) is 7.11 Å². The fraction of sp³-hybridized carbons (Fsp3) is 0.500. The third kappa shape index (κ3) is 3.71. The Morgan fingerprint density at radius 1 is 1.50 bits per heavy atom. The predicted octanol–water partition coefficient (Wildman–Crippen LogP) is 2.63. The van der Waals surface area contributed by atoms with Gasteiger partial charge in [0.1, 0.15) is 0 Å². The average Bonchev–Trinajstić information content (AvgIpc) is 2.79. The summed E-state index contributed by atoms with van der Waals surface area (Å²) in [6, 6.07) is 5.12. The maximum absolute atomic E-state index is 12.0. The Morgan fingerprint density at radius 2 is 2.30 bits per heavy atom. The van der Waals surface area contributed by atoms with Crippen molar-refractivity contribution in [2.24, 2.45) is 0 Å². The second-order valence-corrected chi connectivity index (χ2v) is 5.76. The van der Waals surface area contributed by atoms with E-state index in [0.717, 1.165) is 29.3 Å². The summed E-state index contributed by atoms with van der Waals surface area (Å²) in [7, 11) is 1.61. The molecule has 1 fully saturated rings. The third-order valence-electron chi connectivity index (χ3n) is 3.45. The normalized spacial score (nSPS) is 21.8. The van der Waals surface area contributed by atoms with E-state index in [0.29, 0.717) is 12.3 Å². The summed E-state index contributed by atoms with van der Waals surface area (Å²) in [6.07, 6.45) is 2.06. The first-order valence-corrected chi connectivity index (χ1v) is 7.43. The number of aliphatic hydroxyl groups is 1. The van der Waals surface area contributed by atoms with E-state index in [-0.39, 0.29) is 12.1 Å². The molecule has 0 saturated heterocycles. The molecule has 0 unspecified atom stereocenters. The Balaban J connectivity index is 2.02. The lowest BCUT2D eigenvalue weighted by Gasteiger charge is -2.18. The highest BCUT2D eigenvalue weighted by molar-refractivity contribution is 9.10. The van der Waals surface area contributed by atoms with Gasteiger partial charge in [-0.2, -0.15) is 0 Å². The van der Waals surface area contributed by atoms with Crippen LogP contribution in [0.5, 0.6) is 0 Å². The smallest absolute Gasteiger partial charge is 0.319 e. The summed E-state index contributed by atoms with van der Waals surface area (Å²) < 4.78 is 6.03. The second kappa shape index (κ2) is 7.06. The first-order chi connectivity index (χ1) is 9.61. The van der Waals surface area contributed by atoms with Crippen LogP contribution in [0.4, 0.5) is 10.5 Å². The highest BCUT2D eigenvalue weighted by atomic mass is 79.9. The predicted molar refractivity (Wildman–Crippen MR) is 80.7 cm³/mol. The van der Waals surface area contributed by atoms with Gasteiger partial charge in [0.05, 0.1) is 18.8 Å². The van der Waals surface area contributed by atoms with Gasteiger partial charge >= 0.3 is 6.03 Å². The van der Waals surface area contributed by atoms with Gasteiger partial charge in [0.25, 0.3) is 0 Å². The number of nitrogens with one attached hydrogen (secondary N) is 2. The minimum absolute atomic E-state index is 0.159. The Kier molecular flexibility index (Phi) is 5.39. The molecule has 3 N–H and O–H groups in total. The first kappa shape index (κ1) is 15.3. The zero-order valence-corrected chi connectivity index (χ0v) is 12.9. The fourth-order valence-corrected chi connectivity index (χ4v) is 2.88. The minimum Gasteiger partial charge on any atom is -0.391 e. The molecule has 1 aliphatic carbocycles. The highest BCUT2D eigenvalue weighted by Gasteiger charge is 2.26. The maximum atomic E-state index is 12.0. The molecule has 2 rings (SSSR count). The van der Waals surface area contributed by atoms with E-state index in [4.69, 9.17) is 4.74 Å². The molecule has 0 aliphatic heterocycles. The molecule has 1 aliphatic rings. The second-order valence-electron chi connectivity index (χ2n) is 4.90. The third-order valence-corrected chi connectivity index (χ3v) is 4.19. The molecular weight excluding hydrogens is 324 g/mol. The molecule has 110 valence electrons. The van der Waals surface area contributed by atoms with E-state index in [9.17, 15) is 9.90 Å². The molecule has 6 heteroatoms. The van der Waals surface area contributed by atoms with Crippen molar-refractivity contribution in [3.63, 3.8) is 0 Å². The molecule has 1 saturated carbocycles. The van der Waals surface area contributed by atoms with Gasteiger partial charge in [0, 0.05) is 22.8 Å². The van der Waals surface area contributed by atoms with Crippen molar-refractivity contribution in [1.29, 1.82) is 0 Å². The minimum atomic E-state index is -0.443. The molecule has 0 heterocycles. The summed E-state index contributed by atoms with van der Waals surface area (Å²) in [6.45, 7) is 0.406. The standard InChI is InChI=1S/C14H19BrN2O3/c1-20-8-9-10(15)4-2-5-11(9)16-14(19)17-12-6-3-7-13(12)18/h2,4-5,12-13,18H,3,6-8H2,1H3,(H2,16,17,19)/t12-,13+/m0/s1. The quantitative estimate of drug-likeness (QED) is 0.787. The molecule has 20 heavy (non-hydrogen) atoms. The van der Waals surface area contributed by atoms with Crippen LogP contribution in [0.15, 0.2) is 22.7 Å². The largest absolute Gasteiger partial charge is 0.391 e. The van der Waals surface area contributed by atoms with E-state index in [1.165, 1.54) is 0 Å². The van der Waals surface area contributed by atoms with Crippen LogP contribution in [0.2, 0.25) is 0 Å². The van der Waals surface area contributed by atoms with Gasteiger partial charge in [0.15, 0.2) is 0 Å². The molecule has 0 radical (unpaired) electrons. The van der Waals surface area contributed by atoms with Crippen molar-refractivity contribution in [2.45, 2.75) is 38.0 Å². The average molecular weight is 343 g/mol. The lowest BCUT2D eigenvalue weighted by Crippen LogP contribution is -2.42. The van der Waals surface area contributed by atoms with Gasteiger partial charge in [-0.25, -0.2) is 4.79 Å². The van der Waals surface area contributed by atoms with E-state index < -0.39 is 6.10 Å². The van der Waals surface area contributed by atoms with Crippen LogP contribution in [-0.2, 0) is 11.3 Å². The molecule has 1 aromatic rings. The van der Waals surface area contributed by atoms with Crippen LogP contribution < -0.4 is 10.6 Å². The van der Waals surface area contributed by atoms with Crippen LogP contribution in [0.1, 0.15) is 24.8 Å². The number of halogens is 1. The lowest BCUT2D eigenvalue weighted by atomic mass is 10.2. The monoisotopic (exact) mass is 342 g/mol. The number of carbonyl (C=O) groups excluding carboxylic acids is 1. The molecule has 5 nitrogen and oxygen atoms in total. The molecular formula is C14H19BrN2O3. The molecule has 0 spiro atoms. The SMILES string of the molecule is COCc1c(Br)cccc1NC(=O)N[C@H]1CCC[C@H]1O. The topological polar surface area (TPSA) is 70.6 Å². The lowest BCUT2D eigenvalue weighted by molar-refractivity contribution is 0.151. The highest BCUT2D eigenvalue weighted by Crippen LogP contribution is 2.26. The number of urea groups is 1. The van der Waals surface area contributed by atoms with E-state index in [2.05, 4.69) is 26.6 Å². The van der Waals surface area contributed by atoms with Crippen LogP contribution in [-0.4, -0.2) is 30.4 Å². The van der Waals surface area contributed by atoms with Crippen molar-refractivity contribution in [3.8, 4) is 0 Å². The number of anilines is 1. The molecule has 2 amide bonds. The number of carbonyl (C=O) groups is 1. The van der Waals surface area contributed by atoms with Gasteiger partial charge in [0.2, 0.25) is 0 Å². The summed E-state index contributed by atoms with van der Waals surface area (Å²) in [5.41, 5.74) is 1.59. The van der Waals surface area contributed by atoms with Crippen molar-refractivity contribution in [2.75, 3.05) is 12.4 Å². The fourth-order valence-electron chi connectivity index (χ4n) is 2.40. The molecule has 1 aromatic carbocycles. The van der Waals surface area contributed by atoms with Crippen molar-refractivity contribution < 1.29 is 14.6 Å². The number of hydrogen-bond donors (Lipinski definition) is 3. The Labute approximate surface area is 126 Å². The number of benzene rings is 1. The Hall–Kier alpha value is -1.11. The Morgan fingerprint density at radius 3 is 2.95 bits per heavy atom. The maximum Gasteiger partial charge on any atom is 0.319 e. The van der Waals surface area contributed by atoms with E-state index in [1.807, 2.05) is 18.2 Å². The van der Waals surface area contributed by atoms with Gasteiger partial charge in [-0.3, -0.25) is 0 Å². The van der Waals surface area contributed by atoms with Crippen LogP contribution >= 0.6 is 15.9 Å².